The molecule has 20 heavy (non-hydrogen) atoms. The second-order valence-corrected chi connectivity index (χ2v) is 5.82. The van der Waals surface area contributed by atoms with Gasteiger partial charge in [0.15, 0.2) is 0 Å². The summed E-state index contributed by atoms with van der Waals surface area (Å²) in [4.78, 5) is 0. The van der Waals surface area contributed by atoms with Crippen LogP contribution >= 0.6 is 0 Å². The van der Waals surface area contributed by atoms with E-state index >= 15 is 0 Å². The quantitative estimate of drug-likeness (QED) is 0.858. The van der Waals surface area contributed by atoms with E-state index in [0.717, 1.165) is 13.0 Å². The molecule has 0 saturated heterocycles. The molecule has 0 radical (unpaired) electrons. The smallest absolute Gasteiger partial charge is 0.313 e. The Balaban J connectivity index is 1.82. The summed E-state index contributed by atoms with van der Waals surface area (Å²) in [5.74, 6) is -0.803. The minimum absolute atomic E-state index is 0.00142. The predicted molar refractivity (Wildman–Crippen MR) is 74.7 cm³/mol. The Morgan fingerprint density at radius 2 is 1.90 bits per heavy atom. The molecule has 0 heterocycles. The van der Waals surface area contributed by atoms with Crippen LogP contribution in [-0.2, 0) is 0 Å². The van der Waals surface area contributed by atoms with Crippen molar-refractivity contribution in [2.75, 3.05) is 6.54 Å². The maximum absolute atomic E-state index is 12.8. The minimum Gasteiger partial charge on any atom is -0.313 e. The largest absolute Gasteiger partial charge is 0.391 e. The molecule has 1 fully saturated rings. The zero-order valence-corrected chi connectivity index (χ0v) is 11.8. The van der Waals surface area contributed by atoms with Gasteiger partial charge in [-0.05, 0) is 30.7 Å². The second kappa shape index (κ2) is 6.61. The highest BCUT2D eigenvalue weighted by Crippen LogP contribution is 2.37. The first-order chi connectivity index (χ1) is 9.47. The highest BCUT2D eigenvalue weighted by molar-refractivity contribution is 5.19. The van der Waals surface area contributed by atoms with Crippen LogP contribution in [0.1, 0.15) is 44.1 Å². The number of alkyl halides is 3. The summed E-state index contributed by atoms with van der Waals surface area (Å²) < 4.78 is 38.3. The molecule has 3 unspecified atom stereocenters. The SMILES string of the molecule is CC(CNC1CCCC(C(F)(F)F)C1)c1ccccc1. The molecule has 0 aromatic heterocycles. The van der Waals surface area contributed by atoms with Crippen LogP contribution in [0.25, 0.3) is 0 Å². The second-order valence-electron chi connectivity index (χ2n) is 5.82. The molecule has 1 aromatic rings. The average molecular weight is 285 g/mol. The lowest BCUT2D eigenvalue weighted by Gasteiger charge is -2.31. The van der Waals surface area contributed by atoms with Crippen molar-refractivity contribution in [1.29, 1.82) is 0 Å². The van der Waals surface area contributed by atoms with Gasteiger partial charge in [0.25, 0.3) is 0 Å². The van der Waals surface area contributed by atoms with Crippen molar-refractivity contribution in [1.82, 2.24) is 5.32 Å². The zero-order valence-electron chi connectivity index (χ0n) is 11.8. The summed E-state index contributed by atoms with van der Waals surface area (Å²) in [5.41, 5.74) is 1.23. The molecular formula is C16H22F3N. The molecule has 4 heteroatoms. The summed E-state index contributed by atoms with van der Waals surface area (Å²) in [6.07, 6.45) is -2.00. The van der Waals surface area contributed by atoms with Crippen molar-refractivity contribution in [2.24, 2.45) is 5.92 Å². The van der Waals surface area contributed by atoms with Crippen molar-refractivity contribution < 1.29 is 13.2 Å². The molecular weight excluding hydrogens is 263 g/mol. The summed E-state index contributed by atoms with van der Waals surface area (Å²) in [6.45, 7) is 2.84. The van der Waals surface area contributed by atoms with E-state index in [4.69, 9.17) is 0 Å². The number of halogens is 3. The summed E-state index contributed by atoms with van der Waals surface area (Å²) in [6, 6.07) is 10.1. The number of hydrogen-bond acceptors (Lipinski definition) is 1. The van der Waals surface area contributed by atoms with E-state index in [2.05, 4.69) is 24.4 Å². The third-order valence-corrected chi connectivity index (χ3v) is 4.22. The third kappa shape index (κ3) is 4.23. The Bertz CT molecular complexity index is 402. The van der Waals surface area contributed by atoms with Crippen LogP contribution in [0, 0.1) is 5.92 Å². The van der Waals surface area contributed by atoms with E-state index in [1.54, 1.807) is 0 Å². The van der Waals surface area contributed by atoms with Crippen molar-refractivity contribution in [3.05, 3.63) is 35.9 Å². The third-order valence-electron chi connectivity index (χ3n) is 4.22. The van der Waals surface area contributed by atoms with Gasteiger partial charge in [0.2, 0.25) is 0 Å². The minimum atomic E-state index is -4.04. The van der Waals surface area contributed by atoms with E-state index in [1.807, 2.05) is 18.2 Å². The molecule has 0 amide bonds. The Morgan fingerprint density at radius 1 is 1.20 bits per heavy atom. The molecule has 3 atom stereocenters. The topological polar surface area (TPSA) is 12.0 Å². The van der Waals surface area contributed by atoms with Crippen LogP contribution in [0.4, 0.5) is 13.2 Å². The first-order valence-electron chi connectivity index (χ1n) is 7.32. The fraction of sp³-hybridized carbons (Fsp3) is 0.625. The van der Waals surface area contributed by atoms with Crippen molar-refractivity contribution >= 4 is 0 Å². The van der Waals surface area contributed by atoms with E-state index in [0.29, 0.717) is 12.3 Å². The lowest BCUT2D eigenvalue weighted by Crippen LogP contribution is -2.40. The van der Waals surface area contributed by atoms with E-state index < -0.39 is 12.1 Å². The van der Waals surface area contributed by atoms with Gasteiger partial charge in [-0.25, -0.2) is 0 Å². The first kappa shape index (κ1) is 15.4. The van der Waals surface area contributed by atoms with Crippen molar-refractivity contribution in [3.63, 3.8) is 0 Å². The van der Waals surface area contributed by atoms with Crippen molar-refractivity contribution in [2.45, 2.75) is 50.7 Å². The molecule has 1 aliphatic carbocycles. The first-order valence-corrected chi connectivity index (χ1v) is 7.32. The van der Waals surface area contributed by atoms with Gasteiger partial charge in [-0.3, -0.25) is 0 Å². The molecule has 0 bridgehead atoms. The predicted octanol–water partition coefficient (Wildman–Crippen LogP) is 4.50. The van der Waals surface area contributed by atoms with Crippen LogP contribution in [0.3, 0.4) is 0 Å². The summed E-state index contributed by atoms with van der Waals surface area (Å²) in [5, 5.41) is 3.32. The number of benzene rings is 1. The Hall–Kier alpha value is -1.03. The maximum atomic E-state index is 12.8. The van der Waals surface area contributed by atoms with Crippen LogP contribution in [0.2, 0.25) is 0 Å². The number of rotatable bonds is 4. The maximum Gasteiger partial charge on any atom is 0.391 e. The normalized spacial score (nSPS) is 25.4. The summed E-state index contributed by atoms with van der Waals surface area (Å²) in [7, 11) is 0. The van der Waals surface area contributed by atoms with Gasteiger partial charge in [-0.1, -0.05) is 43.7 Å². The van der Waals surface area contributed by atoms with Gasteiger partial charge in [-0.2, -0.15) is 13.2 Å². The lowest BCUT2D eigenvalue weighted by atomic mass is 9.85. The van der Waals surface area contributed by atoms with E-state index in [9.17, 15) is 13.2 Å². The van der Waals surface area contributed by atoms with Crippen LogP contribution in [0.15, 0.2) is 30.3 Å². The molecule has 2 rings (SSSR count). The fourth-order valence-corrected chi connectivity index (χ4v) is 2.92. The zero-order chi connectivity index (χ0) is 14.6. The molecule has 112 valence electrons. The number of nitrogens with one attached hydrogen (secondary N) is 1. The van der Waals surface area contributed by atoms with Crippen LogP contribution in [-0.4, -0.2) is 18.8 Å². The fourth-order valence-electron chi connectivity index (χ4n) is 2.92. The van der Waals surface area contributed by atoms with E-state index in [1.165, 1.54) is 5.56 Å². The Labute approximate surface area is 118 Å². The molecule has 1 N–H and O–H groups in total. The Morgan fingerprint density at radius 3 is 2.55 bits per heavy atom. The highest BCUT2D eigenvalue weighted by atomic mass is 19.4. The van der Waals surface area contributed by atoms with Crippen molar-refractivity contribution in [3.8, 4) is 0 Å². The highest BCUT2D eigenvalue weighted by Gasteiger charge is 2.41. The lowest BCUT2D eigenvalue weighted by molar-refractivity contribution is -0.183. The average Bonchev–Trinajstić information content (AvgIpc) is 2.45. The molecule has 1 nitrogen and oxygen atoms in total. The van der Waals surface area contributed by atoms with Crippen LogP contribution in [0.5, 0.6) is 0 Å². The molecule has 1 saturated carbocycles. The molecule has 1 aliphatic rings. The summed E-state index contributed by atoms with van der Waals surface area (Å²) >= 11 is 0. The monoisotopic (exact) mass is 285 g/mol. The van der Waals surface area contributed by atoms with E-state index in [-0.39, 0.29) is 18.9 Å². The molecule has 0 aliphatic heterocycles. The Kier molecular flexibility index (Phi) is 5.08. The molecule has 1 aromatic carbocycles. The number of hydrogen-bond donors (Lipinski definition) is 1. The van der Waals surface area contributed by atoms with Gasteiger partial charge in [0, 0.05) is 12.6 Å². The molecule has 0 spiro atoms. The van der Waals surface area contributed by atoms with Gasteiger partial charge >= 0.3 is 6.18 Å². The van der Waals surface area contributed by atoms with Gasteiger partial charge in [0.05, 0.1) is 5.92 Å². The van der Waals surface area contributed by atoms with Gasteiger partial charge in [-0.15, -0.1) is 0 Å². The van der Waals surface area contributed by atoms with Gasteiger partial charge in [0.1, 0.15) is 0 Å². The van der Waals surface area contributed by atoms with Crippen LogP contribution < -0.4 is 5.32 Å². The van der Waals surface area contributed by atoms with Gasteiger partial charge < -0.3 is 5.32 Å². The standard InChI is InChI=1S/C16H22F3N/c1-12(13-6-3-2-4-7-13)11-20-15-9-5-8-14(10-15)16(17,18)19/h2-4,6-7,12,14-15,20H,5,8-11H2,1H3.